The summed E-state index contributed by atoms with van der Waals surface area (Å²) in [5, 5.41) is 12.6. The monoisotopic (exact) mass is 458 g/mol. The quantitative estimate of drug-likeness (QED) is 0.434. The second-order valence-corrected chi connectivity index (χ2v) is 18.7. The first-order valence-electron chi connectivity index (χ1n) is 13.5. The maximum atomic E-state index is 12.3. The predicted octanol–water partition coefficient (Wildman–Crippen LogP) is 7.89. The van der Waals surface area contributed by atoms with E-state index in [9.17, 15) is 5.11 Å². The zero-order valence-corrected chi connectivity index (χ0v) is 23.3. The van der Waals surface area contributed by atoms with E-state index in [0.29, 0.717) is 23.7 Å². The standard InChI is InChI=1S/C29H50O2Si/c1-20-9-10-22-17-23(20)13-16-29(30)24(18-22)14-15-28(6)25(11-12-26(28)29)21(2)19-31-32(7,8)27(3,4)5/h9,13,21-22,24-26,30H,10-12,14-19H2,1-8H3/b23-13+/t21-,22+,24?,25-,26-,28-,29+/m1/s1. The highest BCUT2D eigenvalue weighted by molar-refractivity contribution is 6.74. The average molecular weight is 459 g/mol. The molecule has 7 atom stereocenters. The largest absolute Gasteiger partial charge is 0.417 e. The third-order valence-corrected chi connectivity index (χ3v) is 15.5. The molecule has 0 amide bonds. The highest BCUT2D eigenvalue weighted by Gasteiger charge is 2.61. The topological polar surface area (TPSA) is 29.5 Å². The SMILES string of the molecule is CC1=CC[C@H]2C/C1=C\C[C@]1(O)C(CC[C@]3(C)[C@@H]([C@H](C)CO[Si](C)(C)C(C)(C)C)CC[C@H]31)C2. The fourth-order valence-corrected chi connectivity index (χ4v) is 8.96. The molecule has 182 valence electrons. The third-order valence-electron chi connectivity index (χ3n) is 11.0. The zero-order valence-electron chi connectivity index (χ0n) is 22.3. The molecule has 0 aromatic carbocycles. The molecule has 3 heteroatoms. The summed E-state index contributed by atoms with van der Waals surface area (Å²) in [5.41, 5.74) is 2.72. The molecular formula is C29H50O2Si. The summed E-state index contributed by atoms with van der Waals surface area (Å²) in [6, 6.07) is 0. The Balaban J connectivity index is 1.53. The fraction of sp³-hybridized carbons (Fsp3) is 0.862. The number of rotatable bonds is 4. The Morgan fingerprint density at radius 1 is 1.19 bits per heavy atom. The first kappa shape index (κ1) is 24.7. The van der Waals surface area contributed by atoms with Gasteiger partial charge in [-0.15, -0.1) is 0 Å². The average Bonchev–Trinajstić information content (AvgIpc) is 3.05. The van der Waals surface area contributed by atoms with Crippen LogP contribution in [0.5, 0.6) is 0 Å². The lowest BCUT2D eigenvalue weighted by Crippen LogP contribution is -2.56. The summed E-state index contributed by atoms with van der Waals surface area (Å²) in [6.07, 6.45) is 14.4. The second-order valence-electron chi connectivity index (χ2n) is 13.9. The summed E-state index contributed by atoms with van der Waals surface area (Å²) in [7, 11) is -1.72. The van der Waals surface area contributed by atoms with E-state index in [-0.39, 0.29) is 10.5 Å². The molecule has 1 unspecified atom stereocenters. The van der Waals surface area contributed by atoms with Crippen LogP contribution in [0.3, 0.4) is 0 Å². The van der Waals surface area contributed by atoms with E-state index >= 15 is 0 Å². The first-order valence-corrected chi connectivity index (χ1v) is 16.4. The number of hydrogen-bond acceptors (Lipinski definition) is 2. The van der Waals surface area contributed by atoms with Crippen LogP contribution < -0.4 is 0 Å². The van der Waals surface area contributed by atoms with Gasteiger partial charge in [-0.1, -0.05) is 52.3 Å². The molecule has 4 aliphatic carbocycles. The van der Waals surface area contributed by atoms with Gasteiger partial charge in [0, 0.05) is 6.61 Å². The molecule has 0 aliphatic heterocycles. The highest BCUT2D eigenvalue weighted by atomic mass is 28.4. The molecule has 4 rings (SSSR count). The highest BCUT2D eigenvalue weighted by Crippen LogP contribution is 2.64. The molecule has 2 bridgehead atoms. The van der Waals surface area contributed by atoms with Crippen molar-refractivity contribution in [1.82, 2.24) is 0 Å². The van der Waals surface area contributed by atoms with Crippen LogP contribution in [-0.2, 0) is 4.43 Å². The van der Waals surface area contributed by atoms with E-state index < -0.39 is 13.9 Å². The van der Waals surface area contributed by atoms with Crippen LogP contribution in [-0.4, -0.2) is 25.6 Å². The summed E-state index contributed by atoms with van der Waals surface area (Å²) in [4.78, 5) is 0. The van der Waals surface area contributed by atoms with E-state index in [1.807, 2.05) is 0 Å². The summed E-state index contributed by atoms with van der Waals surface area (Å²) in [6.45, 7) is 19.9. The van der Waals surface area contributed by atoms with Crippen LogP contribution in [0.4, 0.5) is 0 Å². The van der Waals surface area contributed by atoms with Gasteiger partial charge in [-0.05, 0) is 117 Å². The number of hydrogen-bond donors (Lipinski definition) is 1. The molecule has 0 spiro atoms. The molecule has 0 radical (unpaired) electrons. The van der Waals surface area contributed by atoms with E-state index in [0.717, 1.165) is 18.9 Å². The molecule has 2 nitrogen and oxygen atoms in total. The van der Waals surface area contributed by atoms with Gasteiger partial charge in [0.1, 0.15) is 0 Å². The molecule has 0 heterocycles. The zero-order chi connectivity index (χ0) is 23.5. The molecule has 1 N–H and O–H groups in total. The van der Waals surface area contributed by atoms with Crippen LogP contribution >= 0.6 is 0 Å². The van der Waals surface area contributed by atoms with Crippen molar-refractivity contribution >= 4 is 8.32 Å². The van der Waals surface area contributed by atoms with Gasteiger partial charge in [0.15, 0.2) is 8.32 Å². The molecule has 32 heavy (non-hydrogen) atoms. The Morgan fingerprint density at radius 3 is 2.59 bits per heavy atom. The van der Waals surface area contributed by atoms with Crippen LogP contribution in [0.25, 0.3) is 0 Å². The van der Waals surface area contributed by atoms with Crippen molar-refractivity contribution < 1.29 is 9.53 Å². The number of aliphatic hydroxyl groups is 1. The van der Waals surface area contributed by atoms with Crippen LogP contribution in [0, 0.1) is 35.0 Å². The normalized spacial score (nSPS) is 42.7. The van der Waals surface area contributed by atoms with Crippen molar-refractivity contribution in [3.8, 4) is 0 Å². The molecule has 0 aromatic rings. The molecule has 2 fully saturated rings. The lowest BCUT2D eigenvalue weighted by atomic mass is 9.52. The Hall–Kier alpha value is -0.383. The molecular weight excluding hydrogens is 408 g/mol. The smallest absolute Gasteiger partial charge is 0.191 e. The molecule has 0 aromatic heterocycles. The van der Waals surface area contributed by atoms with Gasteiger partial charge in [-0.2, -0.15) is 0 Å². The maximum Gasteiger partial charge on any atom is 0.191 e. The van der Waals surface area contributed by atoms with Gasteiger partial charge in [0.05, 0.1) is 5.60 Å². The van der Waals surface area contributed by atoms with Gasteiger partial charge < -0.3 is 9.53 Å². The molecule has 4 aliphatic rings. The summed E-state index contributed by atoms with van der Waals surface area (Å²) in [5.74, 6) is 2.89. The minimum atomic E-state index is -1.72. The van der Waals surface area contributed by atoms with Gasteiger partial charge in [0.2, 0.25) is 0 Å². The Morgan fingerprint density at radius 2 is 1.91 bits per heavy atom. The lowest BCUT2D eigenvalue weighted by molar-refractivity contribution is -0.152. The maximum absolute atomic E-state index is 12.3. The van der Waals surface area contributed by atoms with Crippen molar-refractivity contribution in [2.24, 2.45) is 35.0 Å². The molecule has 0 saturated heterocycles. The van der Waals surface area contributed by atoms with E-state index in [2.05, 4.69) is 66.8 Å². The third kappa shape index (κ3) is 4.13. The summed E-state index contributed by atoms with van der Waals surface area (Å²) < 4.78 is 6.68. The van der Waals surface area contributed by atoms with Crippen molar-refractivity contribution in [1.29, 1.82) is 0 Å². The van der Waals surface area contributed by atoms with Crippen molar-refractivity contribution in [3.63, 3.8) is 0 Å². The number of allylic oxidation sites excluding steroid dienone is 3. The van der Waals surface area contributed by atoms with Crippen LogP contribution in [0.15, 0.2) is 23.3 Å². The predicted molar refractivity (Wildman–Crippen MR) is 138 cm³/mol. The Labute approximate surface area is 199 Å². The van der Waals surface area contributed by atoms with E-state index in [1.54, 1.807) is 0 Å². The van der Waals surface area contributed by atoms with Crippen molar-refractivity contribution in [2.75, 3.05) is 6.61 Å². The van der Waals surface area contributed by atoms with Gasteiger partial charge in [-0.25, -0.2) is 0 Å². The first-order chi connectivity index (χ1) is 14.8. The fourth-order valence-electron chi connectivity index (χ4n) is 7.84. The molecule has 2 saturated carbocycles. The van der Waals surface area contributed by atoms with E-state index in [4.69, 9.17) is 4.43 Å². The van der Waals surface area contributed by atoms with Crippen molar-refractivity contribution in [2.45, 2.75) is 117 Å². The van der Waals surface area contributed by atoms with Crippen LogP contribution in [0.1, 0.15) is 92.9 Å². The van der Waals surface area contributed by atoms with Gasteiger partial charge >= 0.3 is 0 Å². The van der Waals surface area contributed by atoms with Gasteiger partial charge in [-0.3, -0.25) is 0 Å². The van der Waals surface area contributed by atoms with Crippen LogP contribution in [0.2, 0.25) is 18.1 Å². The second kappa shape index (κ2) is 8.38. The Bertz CT molecular complexity index is 775. The Kier molecular flexibility index (Phi) is 6.48. The van der Waals surface area contributed by atoms with E-state index in [1.165, 1.54) is 56.1 Å². The summed E-state index contributed by atoms with van der Waals surface area (Å²) >= 11 is 0. The van der Waals surface area contributed by atoms with Gasteiger partial charge in [0.25, 0.3) is 0 Å². The van der Waals surface area contributed by atoms with Crippen molar-refractivity contribution in [3.05, 3.63) is 23.3 Å². The lowest BCUT2D eigenvalue weighted by Gasteiger charge is -2.56. The minimum absolute atomic E-state index is 0.249. The minimum Gasteiger partial charge on any atom is -0.417 e. The number of fused-ring (bicyclic) bond motifs is 5.